The predicted octanol–water partition coefficient (Wildman–Crippen LogP) is 5.63. The molecule has 2 aromatic carbocycles. The molecule has 6 heteroatoms. The van der Waals surface area contributed by atoms with Gasteiger partial charge < -0.3 is 4.74 Å². The van der Waals surface area contributed by atoms with Crippen molar-refractivity contribution in [2.75, 3.05) is 0 Å². The van der Waals surface area contributed by atoms with Gasteiger partial charge in [-0.15, -0.1) is 0 Å². The molecule has 0 bridgehead atoms. The van der Waals surface area contributed by atoms with Gasteiger partial charge in [-0.05, 0) is 23.8 Å². The molecule has 134 valence electrons. The predicted molar refractivity (Wildman–Crippen MR) is 106 cm³/mol. The minimum atomic E-state index is -0.393. The molecule has 27 heavy (non-hydrogen) atoms. The molecule has 2 aliphatic heterocycles. The largest absolute Gasteiger partial charge is 0.463 e. The summed E-state index contributed by atoms with van der Waals surface area (Å²) < 4.78 is 6.29. The molecular weight excluding hydrogens is 381 g/mol. The van der Waals surface area contributed by atoms with Crippen LogP contribution >= 0.6 is 23.2 Å². The minimum Gasteiger partial charge on any atom is -0.463 e. The number of fused-ring (bicyclic) bond motifs is 3. The summed E-state index contributed by atoms with van der Waals surface area (Å²) in [5.74, 6) is 0.667. The fourth-order valence-electron chi connectivity index (χ4n) is 3.66. The molecular formula is C21H15Cl2N3O. The van der Waals surface area contributed by atoms with E-state index in [4.69, 9.17) is 33.0 Å². The van der Waals surface area contributed by atoms with Gasteiger partial charge in [0.15, 0.2) is 0 Å². The molecule has 3 aromatic rings. The summed E-state index contributed by atoms with van der Waals surface area (Å²) in [6, 6.07) is 17.7. The van der Waals surface area contributed by atoms with Gasteiger partial charge in [0.25, 0.3) is 0 Å². The zero-order chi connectivity index (χ0) is 18.4. The molecule has 3 heterocycles. The lowest BCUT2D eigenvalue weighted by atomic mass is 9.96. The number of ether oxygens (including phenoxy) is 1. The van der Waals surface area contributed by atoms with E-state index in [-0.39, 0.29) is 6.04 Å². The maximum absolute atomic E-state index is 6.46. The first kappa shape index (κ1) is 16.6. The summed E-state index contributed by atoms with van der Waals surface area (Å²) in [7, 11) is 0. The lowest BCUT2D eigenvalue weighted by Gasteiger charge is -2.38. The Bertz CT molecular complexity index is 1020. The smallest absolute Gasteiger partial charge is 0.215 e. The first-order chi connectivity index (χ1) is 13.2. The molecule has 0 saturated heterocycles. The molecule has 0 saturated carbocycles. The van der Waals surface area contributed by atoms with E-state index >= 15 is 0 Å². The lowest BCUT2D eigenvalue weighted by Crippen LogP contribution is -2.33. The summed E-state index contributed by atoms with van der Waals surface area (Å²) in [5.41, 5.74) is 4.01. The van der Waals surface area contributed by atoms with Crippen LogP contribution in [0.25, 0.3) is 0 Å². The van der Waals surface area contributed by atoms with Crippen LogP contribution in [0.2, 0.25) is 10.0 Å². The molecule has 0 N–H and O–H groups in total. The van der Waals surface area contributed by atoms with Crippen LogP contribution in [0.4, 0.5) is 0 Å². The Morgan fingerprint density at radius 2 is 1.89 bits per heavy atom. The van der Waals surface area contributed by atoms with E-state index < -0.39 is 6.23 Å². The number of halogens is 2. The molecule has 2 atom stereocenters. The van der Waals surface area contributed by atoms with E-state index in [2.05, 4.69) is 17.1 Å². The number of hydrazone groups is 1. The van der Waals surface area contributed by atoms with Crippen molar-refractivity contribution < 1.29 is 4.74 Å². The van der Waals surface area contributed by atoms with Crippen molar-refractivity contribution in [1.29, 1.82) is 0 Å². The number of rotatable bonds is 2. The highest BCUT2D eigenvalue weighted by Crippen LogP contribution is 2.50. The Morgan fingerprint density at radius 3 is 2.67 bits per heavy atom. The van der Waals surface area contributed by atoms with E-state index in [0.29, 0.717) is 15.8 Å². The van der Waals surface area contributed by atoms with Crippen LogP contribution in [0, 0.1) is 0 Å². The molecule has 0 spiro atoms. The van der Waals surface area contributed by atoms with Gasteiger partial charge in [0.1, 0.15) is 5.75 Å². The third-order valence-corrected chi connectivity index (χ3v) is 5.38. The summed E-state index contributed by atoms with van der Waals surface area (Å²) in [6.45, 7) is 0. The zero-order valence-electron chi connectivity index (χ0n) is 14.2. The quantitative estimate of drug-likeness (QED) is 0.563. The van der Waals surface area contributed by atoms with Crippen LogP contribution in [0.5, 0.6) is 5.75 Å². The normalized spacial score (nSPS) is 20.5. The Hall–Kier alpha value is -2.56. The van der Waals surface area contributed by atoms with E-state index in [1.165, 1.54) is 0 Å². The highest BCUT2D eigenvalue weighted by atomic mass is 35.5. The van der Waals surface area contributed by atoms with Gasteiger partial charge in [0.05, 0.1) is 16.8 Å². The van der Waals surface area contributed by atoms with Gasteiger partial charge in [0, 0.05) is 35.0 Å². The second kappa shape index (κ2) is 6.55. The van der Waals surface area contributed by atoms with Crippen molar-refractivity contribution in [3.05, 3.63) is 93.7 Å². The third-order valence-electron chi connectivity index (χ3n) is 4.88. The minimum absolute atomic E-state index is 0.00497. The third kappa shape index (κ3) is 2.85. The van der Waals surface area contributed by atoms with Crippen LogP contribution in [-0.4, -0.2) is 15.7 Å². The fraction of sp³-hybridized carbons (Fsp3) is 0.143. The first-order valence-corrected chi connectivity index (χ1v) is 9.43. The first-order valence-electron chi connectivity index (χ1n) is 8.67. The summed E-state index contributed by atoms with van der Waals surface area (Å²) in [4.78, 5) is 4.23. The topological polar surface area (TPSA) is 37.7 Å². The maximum Gasteiger partial charge on any atom is 0.215 e. The molecule has 0 unspecified atom stereocenters. The van der Waals surface area contributed by atoms with Crippen molar-refractivity contribution >= 4 is 28.9 Å². The van der Waals surface area contributed by atoms with E-state index in [1.54, 1.807) is 18.5 Å². The number of aromatic nitrogens is 1. The number of pyridine rings is 1. The van der Waals surface area contributed by atoms with Gasteiger partial charge in [0.2, 0.25) is 6.23 Å². The maximum atomic E-state index is 6.46. The van der Waals surface area contributed by atoms with Crippen molar-refractivity contribution in [1.82, 2.24) is 9.99 Å². The molecule has 0 radical (unpaired) electrons. The monoisotopic (exact) mass is 395 g/mol. The number of nitrogens with zero attached hydrogens (tertiary/aromatic N) is 3. The molecule has 5 rings (SSSR count). The lowest BCUT2D eigenvalue weighted by molar-refractivity contribution is -0.0191. The van der Waals surface area contributed by atoms with Crippen LogP contribution in [0.1, 0.15) is 35.4 Å². The average Bonchev–Trinajstić information content (AvgIpc) is 3.15. The molecule has 0 fully saturated rings. The van der Waals surface area contributed by atoms with Crippen molar-refractivity contribution in [3.8, 4) is 5.75 Å². The fourth-order valence-corrected chi connectivity index (χ4v) is 4.22. The molecule has 0 amide bonds. The van der Waals surface area contributed by atoms with Gasteiger partial charge in [-0.3, -0.25) is 4.98 Å². The Balaban J connectivity index is 1.64. The van der Waals surface area contributed by atoms with Crippen molar-refractivity contribution in [2.45, 2.75) is 18.7 Å². The standard InChI is InChI=1S/C21H15Cl2N3O/c22-15-9-16-19-11-18(13-5-2-1-3-6-13)25-26(19)21(14-7-4-8-24-12-14)27-20(16)17(23)10-15/h1-10,12,19,21H,11H2/t19-,21-/m1/s1. The molecule has 2 aliphatic rings. The Morgan fingerprint density at radius 1 is 1.04 bits per heavy atom. The van der Waals surface area contributed by atoms with Crippen molar-refractivity contribution in [2.24, 2.45) is 5.10 Å². The summed E-state index contributed by atoms with van der Waals surface area (Å²) >= 11 is 12.7. The van der Waals surface area contributed by atoms with Crippen molar-refractivity contribution in [3.63, 3.8) is 0 Å². The molecule has 0 aliphatic carbocycles. The van der Waals surface area contributed by atoms with Crippen LogP contribution in [0.15, 0.2) is 72.1 Å². The number of hydrogen-bond acceptors (Lipinski definition) is 4. The number of hydrogen-bond donors (Lipinski definition) is 0. The average molecular weight is 396 g/mol. The van der Waals surface area contributed by atoms with Gasteiger partial charge in [-0.1, -0.05) is 59.6 Å². The second-order valence-electron chi connectivity index (χ2n) is 6.58. The second-order valence-corrected chi connectivity index (χ2v) is 7.42. The summed E-state index contributed by atoms with van der Waals surface area (Å²) in [5, 5.41) is 8.01. The Kier molecular flexibility index (Phi) is 4.03. The highest BCUT2D eigenvalue weighted by molar-refractivity contribution is 6.35. The van der Waals surface area contributed by atoms with E-state index in [1.807, 2.05) is 41.4 Å². The van der Waals surface area contributed by atoms with E-state index in [0.717, 1.165) is 28.8 Å². The van der Waals surface area contributed by atoms with E-state index in [9.17, 15) is 0 Å². The molecule has 1 aromatic heterocycles. The van der Waals surface area contributed by atoms with Crippen LogP contribution in [-0.2, 0) is 0 Å². The number of benzene rings is 2. The highest BCUT2D eigenvalue weighted by Gasteiger charge is 2.42. The van der Waals surface area contributed by atoms with Gasteiger partial charge in [-0.25, -0.2) is 5.01 Å². The SMILES string of the molecule is Clc1cc(Cl)c2c(c1)[C@H]1CC(c3ccccc3)=NN1[C@@H](c1cccnc1)O2. The zero-order valence-corrected chi connectivity index (χ0v) is 15.7. The molecule has 4 nitrogen and oxygen atoms in total. The van der Waals surface area contributed by atoms with Crippen LogP contribution in [0.3, 0.4) is 0 Å². The summed E-state index contributed by atoms with van der Waals surface area (Å²) in [6.07, 6.45) is 3.91. The van der Waals surface area contributed by atoms with Gasteiger partial charge in [-0.2, -0.15) is 5.10 Å². The Labute approximate surface area is 167 Å². The van der Waals surface area contributed by atoms with Crippen LogP contribution < -0.4 is 4.74 Å². The van der Waals surface area contributed by atoms with Gasteiger partial charge >= 0.3 is 0 Å².